The molecule has 0 amide bonds. The van der Waals surface area contributed by atoms with Crippen molar-refractivity contribution in [2.45, 2.75) is 5.92 Å². The van der Waals surface area contributed by atoms with Crippen molar-refractivity contribution < 1.29 is 44.6 Å². The van der Waals surface area contributed by atoms with Gasteiger partial charge in [0.2, 0.25) is 0 Å². The van der Waals surface area contributed by atoms with E-state index in [0.29, 0.717) is 5.56 Å². The Kier molecular flexibility index (Phi) is 5.99. The Morgan fingerprint density at radius 1 is 1.38 bits per heavy atom. The van der Waals surface area contributed by atoms with E-state index in [4.69, 9.17) is 5.11 Å². The molecule has 0 bridgehead atoms. The van der Waals surface area contributed by atoms with Gasteiger partial charge in [0.1, 0.15) is 0 Å². The van der Waals surface area contributed by atoms with Crippen LogP contribution in [0.3, 0.4) is 0 Å². The van der Waals surface area contributed by atoms with Gasteiger partial charge < -0.3 is 15.0 Å². The Balaban J connectivity index is 0.00000144. The van der Waals surface area contributed by atoms with E-state index < -0.39 is 18.5 Å². The Morgan fingerprint density at radius 3 is 2.31 bits per heavy atom. The molecule has 0 aliphatic carbocycles. The number of aliphatic hydroxyl groups excluding tert-OH is 1. The van der Waals surface area contributed by atoms with Gasteiger partial charge in [-0.15, -0.1) is 0 Å². The second-order valence-corrected chi connectivity index (χ2v) is 2.46. The van der Waals surface area contributed by atoms with E-state index in [1.807, 2.05) is 0 Å². The third-order valence-corrected chi connectivity index (χ3v) is 1.67. The van der Waals surface area contributed by atoms with Crippen molar-refractivity contribution in [1.82, 2.24) is 0 Å². The molecular weight excluding hydrogens is 179 g/mol. The molecule has 13 heavy (non-hydrogen) atoms. The number of hydrogen-bond donors (Lipinski definition) is 1. The minimum absolute atomic E-state index is 0. The van der Waals surface area contributed by atoms with Crippen LogP contribution in [0.1, 0.15) is 11.5 Å². The molecule has 3 nitrogen and oxygen atoms in total. The summed E-state index contributed by atoms with van der Waals surface area (Å²) in [6, 6.07) is 8.53. The number of benzene rings is 1. The van der Waals surface area contributed by atoms with Crippen LogP contribution in [-0.2, 0) is 4.79 Å². The van der Waals surface area contributed by atoms with Gasteiger partial charge in [-0.25, -0.2) is 0 Å². The second-order valence-electron chi connectivity index (χ2n) is 2.46. The Bertz CT molecular complexity index is 261. The SMILES string of the molecule is O=C([O-])C(CO)c1ccccc1.[Na+]. The van der Waals surface area contributed by atoms with Gasteiger partial charge in [-0.05, 0) is 5.56 Å². The Hall–Kier alpha value is -0.350. The largest absolute Gasteiger partial charge is 1.00 e. The predicted octanol–water partition coefficient (Wildman–Crippen LogP) is -3.48. The molecule has 0 fully saturated rings. The molecule has 0 heterocycles. The molecule has 0 radical (unpaired) electrons. The third-order valence-electron chi connectivity index (χ3n) is 1.67. The van der Waals surface area contributed by atoms with Crippen LogP contribution >= 0.6 is 0 Å². The number of carboxylic acid groups (broad SMARTS) is 1. The fraction of sp³-hybridized carbons (Fsp3) is 0.222. The first-order chi connectivity index (χ1) is 5.75. The number of aliphatic carboxylic acids is 1. The van der Waals surface area contributed by atoms with Crippen molar-refractivity contribution in [3.05, 3.63) is 35.9 Å². The quantitative estimate of drug-likeness (QED) is 0.501. The van der Waals surface area contributed by atoms with Crippen molar-refractivity contribution >= 4 is 5.97 Å². The van der Waals surface area contributed by atoms with Crippen LogP contribution in [0.25, 0.3) is 0 Å². The Morgan fingerprint density at radius 2 is 1.92 bits per heavy atom. The summed E-state index contributed by atoms with van der Waals surface area (Å²) in [6.45, 7) is -0.424. The summed E-state index contributed by atoms with van der Waals surface area (Å²) in [5, 5.41) is 19.2. The standard InChI is InChI=1S/C9H10O3.Na/c10-6-8(9(11)12)7-4-2-1-3-5-7;/h1-5,8,10H,6H2,(H,11,12);/q;+1/p-1. The van der Waals surface area contributed by atoms with E-state index in [9.17, 15) is 9.90 Å². The van der Waals surface area contributed by atoms with E-state index in [1.165, 1.54) is 0 Å². The smallest absolute Gasteiger partial charge is 0.549 e. The van der Waals surface area contributed by atoms with Gasteiger partial charge in [0, 0.05) is 5.92 Å². The molecule has 0 saturated heterocycles. The zero-order chi connectivity index (χ0) is 8.97. The third kappa shape index (κ3) is 3.48. The molecule has 1 N–H and O–H groups in total. The first-order valence-corrected chi connectivity index (χ1v) is 3.62. The summed E-state index contributed by atoms with van der Waals surface area (Å²) in [4.78, 5) is 10.5. The molecule has 0 aliphatic heterocycles. The van der Waals surface area contributed by atoms with Gasteiger partial charge in [0.15, 0.2) is 0 Å². The first kappa shape index (κ1) is 12.7. The molecule has 0 aliphatic rings. The van der Waals surface area contributed by atoms with Crippen molar-refractivity contribution in [2.75, 3.05) is 6.61 Å². The topological polar surface area (TPSA) is 60.4 Å². The molecule has 4 heteroatoms. The van der Waals surface area contributed by atoms with Gasteiger partial charge in [0.25, 0.3) is 0 Å². The number of hydrogen-bond acceptors (Lipinski definition) is 3. The van der Waals surface area contributed by atoms with Crippen molar-refractivity contribution in [3.63, 3.8) is 0 Å². The van der Waals surface area contributed by atoms with Gasteiger partial charge >= 0.3 is 29.6 Å². The van der Waals surface area contributed by atoms with Gasteiger partial charge in [-0.3, -0.25) is 0 Å². The van der Waals surface area contributed by atoms with Crippen LogP contribution in [0.2, 0.25) is 0 Å². The summed E-state index contributed by atoms with van der Waals surface area (Å²) in [5.74, 6) is -2.16. The van der Waals surface area contributed by atoms with Gasteiger partial charge in [-0.1, -0.05) is 30.3 Å². The normalized spacial score (nSPS) is 11.5. The summed E-state index contributed by atoms with van der Waals surface area (Å²) < 4.78 is 0. The van der Waals surface area contributed by atoms with Crippen LogP contribution < -0.4 is 34.7 Å². The number of carbonyl (C=O) groups is 1. The fourth-order valence-electron chi connectivity index (χ4n) is 1.00. The summed E-state index contributed by atoms with van der Waals surface area (Å²) in [6.07, 6.45) is 0. The van der Waals surface area contributed by atoms with Gasteiger partial charge in [-0.2, -0.15) is 0 Å². The number of carboxylic acids is 1. The summed E-state index contributed by atoms with van der Waals surface area (Å²) in [5.41, 5.74) is 0.569. The van der Waals surface area contributed by atoms with Crippen LogP contribution in [0.15, 0.2) is 30.3 Å². The molecule has 1 rings (SSSR count). The van der Waals surface area contributed by atoms with E-state index in [0.717, 1.165) is 0 Å². The maximum atomic E-state index is 10.5. The maximum absolute atomic E-state index is 10.5. The number of aliphatic hydroxyl groups is 1. The average Bonchev–Trinajstić information content (AvgIpc) is 2.07. The molecule has 1 atom stereocenters. The first-order valence-electron chi connectivity index (χ1n) is 3.62. The summed E-state index contributed by atoms with van der Waals surface area (Å²) in [7, 11) is 0. The number of carbonyl (C=O) groups excluding carboxylic acids is 1. The number of rotatable bonds is 3. The van der Waals surface area contributed by atoms with Crippen molar-refractivity contribution in [3.8, 4) is 0 Å². The zero-order valence-corrected chi connectivity index (χ0v) is 9.43. The van der Waals surface area contributed by atoms with E-state index in [1.54, 1.807) is 30.3 Å². The molecule has 0 spiro atoms. The Labute approximate surface area is 98.7 Å². The minimum atomic E-state index is -1.25. The molecule has 64 valence electrons. The van der Waals surface area contributed by atoms with Crippen molar-refractivity contribution in [2.24, 2.45) is 0 Å². The average molecular weight is 188 g/mol. The molecule has 1 aromatic rings. The molecule has 1 unspecified atom stereocenters. The zero-order valence-electron chi connectivity index (χ0n) is 7.43. The van der Waals surface area contributed by atoms with Crippen LogP contribution in [-0.4, -0.2) is 17.7 Å². The van der Waals surface area contributed by atoms with E-state index in [-0.39, 0.29) is 29.6 Å². The molecule has 0 aromatic heterocycles. The van der Waals surface area contributed by atoms with Crippen molar-refractivity contribution in [1.29, 1.82) is 0 Å². The minimum Gasteiger partial charge on any atom is -0.549 e. The fourth-order valence-corrected chi connectivity index (χ4v) is 1.00. The summed E-state index contributed by atoms with van der Waals surface area (Å²) >= 11 is 0. The second kappa shape index (κ2) is 6.16. The van der Waals surface area contributed by atoms with E-state index >= 15 is 0 Å². The van der Waals surface area contributed by atoms with Crippen LogP contribution in [0.5, 0.6) is 0 Å². The van der Waals surface area contributed by atoms with Gasteiger partial charge in [0.05, 0.1) is 12.6 Å². The van der Waals surface area contributed by atoms with E-state index in [2.05, 4.69) is 0 Å². The monoisotopic (exact) mass is 188 g/mol. The molecular formula is C9H9NaO3. The maximum Gasteiger partial charge on any atom is 1.00 e. The molecule has 0 saturated carbocycles. The molecule has 1 aromatic carbocycles. The predicted molar refractivity (Wildman–Crippen MR) is 41.3 cm³/mol. The van der Waals surface area contributed by atoms with Crippen LogP contribution in [0, 0.1) is 0 Å². The van der Waals surface area contributed by atoms with Crippen LogP contribution in [0.4, 0.5) is 0 Å².